The van der Waals surface area contributed by atoms with Crippen molar-refractivity contribution in [2.75, 3.05) is 20.3 Å². The number of ether oxygens (including phenoxy) is 1. The predicted molar refractivity (Wildman–Crippen MR) is 82.1 cm³/mol. The monoisotopic (exact) mass is 277 g/mol. The number of hydrogen-bond acceptors (Lipinski definition) is 3. The molecule has 0 radical (unpaired) electrons. The molecule has 1 aliphatic rings. The maximum absolute atomic E-state index is 9.25. The van der Waals surface area contributed by atoms with E-state index in [1.54, 1.807) is 7.11 Å². The summed E-state index contributed by atoms with van der Waals surface area (Å²) in [5.74, 6) is 2.52. The highest BCUT2D eigenvalue weighted by atomic mass is 16.5. The van der Waals surface area contributed by atoms with Crippen molar-refractivity contribution in [2.24, 2.45) is 17.6 Å². The van der Waals surface area contributed by atoms with E-state index in [1.807, 2.05) is 6.07 Å². The zero-order valence-corrected chi connectivity index (χ0v) is 12.6. The summed E-state index contributed by atoms with van der Waals surface area (Å²) in [5.41, 5.74) is 8.55. The minimum absolute atomic E-state index is 0.335. The van der Waals surface area contributed by atoms with Gasteiger partial charge in [-0.3, -0.25) is 0 Å². The number of hydrogen-bond donors (Lipinski definition) is 2. The average molecular weight is 277 g/mol. The second kappa shape index (κ2) is 7.09. The molecule has 1 atom stereocenters. The van der Waals surface area contributed by atoms with Gasteiger partial charge in [0.2, 0.25) is 0 Å². The Morgan fingerprint density at radius 2 is 2.00 bits per heavy atom. The first-order valence-electron chi connectivity index (χ1n) is 7.65. The second-order valence-corrected chi connectivity index (χ2v) is 6.03. The van der Waals surface area contributed by atoms with Gasteiger partial charge in [0, 0.05) is 6.61 Å². The molecule has 0 aliphatic heterocycles. The van der Waals surface area contributed by atoms with Crippen molar-refractivity contribution >= 4 is 0 Å². The molecule has 3 N–H and O–H groups in total. The zero-order chi connectivity index (χ0) is 14.5. The summed E-state index contributed by atoms with van der Waals surface area (Å²) in [6, 6.07) is 6.42. The molecule has 0 saturated heterocycles. The minimum atomic E-state index is 0.335. The van der Waals surface area contributed by atoms with E-state index in [0.717, 1.165) is 18.6 Å². The molecule has 1 fully saturated rings. The first-order valence-corrected chi connectivity index (χ1v) is 7.65. The molecule has 1 aromatic carbocycles. The molecule has 0 spiro atoms. The minimum Gasteiger partial charge on any atom is -0.496 e. The highest BCUT2D eigenvalue weighted by Gasteiger charge is 2.27. The van der Waals surface area contributed by atoms with Gasteiger partial charge in [-0.25, -0.2) is 0 Å². The van der Waals surface area contributed by atoms with Crippen molar-refractivity contribution in [3.05, 3.63) is 29.3 Å². The summed E-state index contributed by atoms with van der Waals surface area (Å²) in [6.45, 7) is 3.11. The summed E-state index contributed by atoms with van der Waals surface area (Å²) in [6.07, 6.45) is 4.62. The zero-order valence-electron chi connectivity index (χ0n) is 12.6. The van der Waals surface area contributed by atoms with E-state index < -0.39 is 0 Å². The number of nitrogens with two attached hydrogens (primary N) is 1. The third kappa shape index (κ3) is 3.33. The molecule has 3 heteroatoms. The van der Waals surface area contributed by atoms with Crippen LogP contribution in [0.3, 0.4) is 0 Å². The number of aliphatic hydroxyl groups is 1. The lowest BCUT2D eigenvalue weighted by molar-refractivity contribution is 0.158. The van der Waals surface area contributed by atoms with Crippen LogP contribution in [0, 0.1) is 18.8 Å². The summed E-state index contributed by atoms with van der Waals surface area (Å²) in [7, 11) is 1.71. The Balaban J connectivity index is 2.10. The van der Waals surface area contributed by atoms with Crippen LogP contribution in [0.5, 0.6) is 5.75 Å². The lowest BCUT2D eigenvalue weighted by Gasteiger charge is -2.33. The number of methoxy groups -OCH3 is 1. The first-order chi connectivity index (χ1) is 9.69. The molecule has 1 aromatic rings. The van der Waals surface area contributed by atoms with E-state index in [-0.39, 0.29) is 0 Å². The van der Waals surface area contributed by atoms with Gasteiger partial charge in [-0.1, -0.05) is 12.1 Å². The number of benzene rings is 1. The summed E-state index contributed by atoms with van der Waals surface area (Å²) >= 11 is 0. The smallest absolute Gasteiger partial charge is 0.121 e. The van der Waals surface area contributed by atoms with Crippen LogP contribution >= 0.6 is 0 Å². The number of aryl methyl sites for hydroxylation is 1. The van der Waals surface area contributed by atoms with E-state index in [9.17, 15) is 5.11 Å². The Hall–Kier alpha value is -1.06. The molecular weight excluding hydrogens is 250 g/mol. The Morgan fingerprint density at radius 3 is 2.50 bits per heavy atom. The van der Waals surface area contributed by atoms with Crippen LogP contribution in [0.2, 0.25) is 0 Å². The molecule has 1 aliphatic carbocycles. The highest BCUT2D eigenvalue weighted by Crippen LogP contribution is 2.38. The Kier molecular flexibility index (Phi) is 5.44. The molecular formula is C17H27NO2. The fraction of sp³-hybridized carbons (Fsp3) is 0.647. The van der Waals surface area contributed by atoms with Crippen LogP contribution in [-0.2, 0) is 0 Å². The maximum Gasteiger partial charge on any atom is 0.121 e. The molecule has 0 amide bonds. The SMILES string of the molecule is COc1ccc(C(CN)C2CCC(CO)CC2)cc1C. The molecule has 1 saturated carbocycles. The van der Waals surface area contributed by atoms with E-state index in [2.05, 4.69) is 19.1 Å². The summed E-state index contributed by atoms with van der Waals surface area (Å²) in [5, 5.41) is 9.25. The molecule has 1 unspecified atom stereocenters. The Morgan fingerprint density at radius 1 is 1.30 bits per heavy atom. The van der Waals surface area contributed by atoms with Gasteiger partial charge < -0.3 is 15.6 Å². The van der Waals surface area contributed by atoms with Crippen molar-refractivity contribution in [3.8, 4) is 5.75 Å². The predicted octanol–water partition coefficient (Wildman–Crippen LogP) is 2.84. The largest absolute Gasteiger partial charge is 0.496 e. The number of aliphatic hydroxyl groups excluding tert-OH is 1. The van der Waals surface area contributed by atoms with Crippen molar-refractivity contribution in [2.45, 2.75) is 38.5 Å². The normalized spacial score (nSPS) is 24.4. The Bertz CT molecular complexity index is 425. The Labute approximate surface area is 122 Å². The standard InChI is InChI=1S/C17H27NO2/c1-12-9-15(7-8-17(12)20-2)16(10-18)14-5-3-13(11-19)4-6-14/h7-9,13-14,16,19H,3-6,10-11,18H2,1-2H3. The molecule has 0 aromatic heterocycles. The van der Waals surface area contributed by atoms with Crippen molar-refractivity contribution in [1.29, 1.82) is 0 Å². The van der Waals surface area contributed by atoms with Crippen molar-refractivity contribution in [3.63, 3.8) is 0 Å². The van der Waals surface area contributed by atoms with E-state index in [4.69, 9.17) is 10.5 Å². The molecule has 2 rings (SSSR count). The molecule has 20 heavy (non-hydrogen) atoms. The summed E-state index contributed by atoms with van der Waals surface area (Å²) in [4.78, 5) is 0. The average Bonchev–Trinajstić information content (AvgIpc) is 2.49. The molecule has 3 nitrogen and oxygen atoms in total. The first kappa shape index (κ1) is 15.3. The number of rotatable bonds is 5. The van der Waals surface area contributed by atoms with Gasteiger partial charge in [0.05, 0.1) is 7.11 Å². The highest BCUT2D eigenvalue weighted by molar-refractivity contribution is 5.38. The van der Waals surface area contributed by atoms with Crippen molar-refractivity contribution in [1.82, 2.24) is 0 Å². The lowest BCUT2D eigenvalue weighted by atomic mass is 9.73. The van der Waals surface area contributed by atoms with Gasteiger partial charge in [-0.15, -0.1) is 0 Å². The molecule has 112 valence electrons. The van der Waals surface area contributed by atoms with Crippen molar-refractivity contribution < 1.29 is 9.84 Å². The maximum atomic E-state index is 9.25. The second-order valence-electron chi connectivity index (χ2n) is 6.03. The van der Waals surface area contributed by atoms with Gasteiger partial charge in [0.25, 0.3) is 0 Å². The quantitative estimate of drug-likeness (QED) is 0.870. The van der Waals surface area contributed by atoms with E-state index in [1.165, 1.54) is 24.0 Å². The fourth-order valence-electron chi connectivity index (χ4n) is 3.51. The molecule has 0 heterocycles. The van der Waals surface area contributed by atoms with E-state index in [0.29, 0.717) is 30.9 Å². The van der Waals surface area contributed by atoms with Gasteiger partial charge in [0.15, 0.2) is 0 Å². The van der Waals surface area contributed by atoms with Gasteiger partial charge >= 0.3 is 0 Å². The van der Waals surface area contributed by atoms with Gasteiger partial charge in [-0.05, 0) is 74.1 Å². The molecule has 0 bridgehead atoms. The third-order valence-electron chi connectivity index (χ3n) is 4.82. The van der Waals surface area contributed by atoms with Gasteiger partial charge in [-0.2, -0.15) is 0 Å². The van der Waals surface area contributed by atoms with Crippen LogP contribution < -0.4 is 10.5 Å². The van der Waals surface area contributed by atoms with Gasteiger partial charge in [0.1, 0.15) is 5.75 Å². The topological polar surface area (TPSA) is 55.5 Å². The van der Waals surface area contributed by atoms with Crippen LogP contribution in [0.25, 0.3) is 0 Å². The third-order valence-corrected chi connectivity index (χ3v) is 4.82. The van der Waals surface area contributed by atoms with Crippen LogP contribution in [0.4, 0.5) is 0 Å². The van der Waals surface area contributed by atoms with Crippen LogP contribution in [0.1, 0.15) is 42.7 Å². The van der Waals surface area contributed by atoms with E-state index >= 15 is 0 Å². The lowest BCUT2D eigenvalue weighted by Crippen LogP contribution is -2.26. The summed E-state index contributed by atoms with van der Waals surface area (Å²) < 4.78 is 5.33. The van der Waals surface area contributed by atoms with Crippen LogP contribution in [-0.4, -0.2) is 25.4 Å². The fourth-order valence-corrected chi connectivity index (χ4v) is 3.51. The van der Waals surface area contributed by atoms with Crippen LogP contribution in [0.15, 0.2) is 18.2 Å².